The van der Waals surface area contributed by atoms with E-state index < -0.39 is 0 Å². The molecule has 0 aliphatic carbocycles. The molecule has 18 heavy (non-hydrogen) atoms. The van der Waals surface area contributed by atoms with Gasteiger partial charge in [0.25, 0.3) is 0 Å². The second-order valence-corrected chi connectivity index (χ2v) is 4.50. The molecule has 0 bridgehead atoms. The number of hydrogen-bond acceptors (Lipinski definition) is 2. The first-order chi connectivity index (χ1) is 8.59. The zero-order chi connectivity index (χ0) is 13.1. The molecule has 2 rings (SSSR count). The number of para-hydroxylation sites is 1. The van der Waals surface area contributed by atoms with Crippen LogP contribution in [0, 0.1) is 12.7 Å². The number of halogens is 1. The summed E-state index contributed by atoms with van der Waals surface area (Å²) in [5.74, 6) is 0.719. The van der Waals surface area contributed by atoms with E-state index in [4.69, 9.17) is 4.74 Å². The summed E-state index contributed by atoms with van der Waals surface area (Å²) in [7, 11) is 0. The number of nitrogens with zero attached hydrogens (tertiary/aromatic N) is 2. The number of imidazole rings is 1. The molecule has 0 unspecified atom stereocenters. The van der Waals surface area contributed by atoms with Gasteiger partial charge in [-0.2, -0.15) is 0 Å². The van der Waals surface area contributed by atoms with E-state index in [-0.39, 0.29) is 18.2 Å². The number of aromatic nitrogens is 2. The largest absolute Gasteiger partial charge is 0.483 e. The van der Waals surface area contributed by atoms with Crippen LogP contribution >= 0.6 is 0 Å². The minimum atomic E-state index is -0.350. The Hall–Kier alpha value is -1.84. The topological polar surface area (TPSA) is 27.1 Å². The van der Waals surface area contributed by atoms with Gasteiger partial charge in [0.1, 0.15) is 12.4 Å². The Kier molecular flexibility index (Phi) is 3.65. The molecular formula is C14H17FN2O. The van der Waals surface area contributed by atoms with Gasteiger partial charge in [0, 0.05) is 17.9 Å². The first kappa shape index (κ1) is 12.6. The van der Waals surface area contributed by atoms with Crippen LogP contribution in [0.25, 0.3) is 0 Å². The molecule has 1 heterocycles. The Balaban J connectivity index is 2.14. The van der Waals surface area contributed by atoms with Gasteiger partial charge in [0.15, 0.2) is 11.6 Å². The number of ether oxygens (including phenoxy) is 1. The van der Waals surface area contributed by atoms with E-state index in [9.17, 15) is 4.39 Å². The maximum absolute atomic E-state index is 13.4. The van der Waals surface area contributed by atoms with Crippen molar-refractivity contribution in [2.45, 2.75) is 33.4 Å². The van der Waals surface area contributed by atoms with Gasteiger partial charge >= 0.3 is 0 Å². The van der Waals surface area contributed by atoms with E-state index in [2.05, 4.69) is 23.4 Å². The van der Waals surface area contributed by atoms with E-state index >= 15 is 0 Å². The maximum Gasteiger partial charge on any atom is 0.165 e. The zero-order valence-electron chi connectivity index (χ0n) is 10.9. The molecule has 0 atom stereocenters. The highest BCUT2D eigenvalue weighted by molar-refractivity contribution is 5.23. The smallest absolute Gasteiger partial charge is 0.165 e. The molecule has 1 aromatic carbocycles. The Labute approximate surface area is 106 Å². The minimum absolute atomic E-state index is 0.258. The Morgan fingerprint density at radius 2 is 2.06 bits per heavy atom. The Morgan fingerprint density at radius 1 is 1.33 bits per heavy atom. The van der Waals surface area contributed by atoms with Gasteiger partial charge in [0.2, 0.25) is 0 Å². The monoisotopic (exact) mass is 248 g/mol. The van der Waals surface area contributed by atoms with Crippen molar-refractivity contribution in [1.82, 2.24) is 9.55 Å². The molecule has 0 spiro atoms. The molecule has 96 valence electrons. The molecule has 0 radical (unpaired) electrons. The predicted octanol–water partition coefficient (Wildman–Crippen LogP) is 3.49. The summed E-state index contributed by atoms with van der Waals surface area (Å²) < 4.78 is 21.0. The lowest BCUT2D eigenvalue weighted by atomic mass is 10.3. The SMILES string of the molecule is Cc1cnc(COc2ccccc2F)n1C(C)C. The summed E-state index contributed by atoms with van der Waals surface area (Å²) in [4.78, 5) is 4.30. The van der Waals surface area contributed by atoms with E-state index in [0.717, 1.165) is 11.5 Å². The number of benzene rings is 1. The summed E-state index contributed by atoms with van der Waals surface area (Å²) in [6.07, 6.45) is 1.81. The minimum Gasteiger partial charge on any atom is -0.483 e. The second-order valence-electron chi connectivity index (χ2n) is 4.50. The first-order valence-corrected chi connectivity index (χ1v) is 5.99. The molecule has 1 aromatic heterocycles. The summed E-state index contributed by atoms with van der Waals surface area (Å²) in [5, 5.41) is 0. The van der Waals surface area contributed by atoms with Gasteiger partial charge in [-0.25, -0.2) is 9.37 Å². The van der Waals surface area contributed by atoms with Crippen LogP contribution in [-0.4, -0.2) is 9.55 Å². The number of aryl methyl sites for hydroxylation is 1. The lowest BCUT2D eigenvalue weighted by Crippen LogP contribution is -2.11. The van der Waals surface area contributed by atoms with Crippen molar-refractivity contribution >= 4 is 0 Å². The normalized spacial score (nSPS) is 10.9. The van der Waals surface area contributed by atoms with Crippen LogP contribution in [-0.2, 0) is 6.61 Å². The third-order valence-electron chi connectivity index (χ3n) is 2.77. The van der Waals surface area contributed by atoms with Gasteiger partial charge < -0.3 is 9.30 Å². The average Bonchev–Trinajstić information content (AvgIpc) is 2.69. The average molecular weight is 248 g/mol. The van der Waals surface area contributed by atoms with Gasteiger partial charge in [-0.15, -0.1) is 0 Å². The fraction of sp³-hybridized carbons (Fsp3) is 0.357. The molecule has 0 saturated carbocycles. The third-order valence-corrected chi connectivity index (χ3v) is 2.77. The summed E-state index contributed by atoms with van der Waals surface area (Å²) >= 11 is 0. The fourth-order valence-corrected chi connectivity index (χ4v) is 2.01. The quantitative estimate of drug-likeness (QED) is 0.828. The number of hydrogen-bond donors (Lipinski definition) is 0. The van der Waals surface area contributed by atoms with Crippen molar-refractivity contribution in [2.75, 3.05) is 0 Å². The van der Waals surface area contributed by atoms with Crippen molar-refractivity contribution in [2.24, 2.45) is 0 Å². The van der Waals surface area contributed by atoms with Crippen LogP contribution in [0.2, 0.25) is 0 Å². The van der Waals surface area contributed by atoms with Crippen molar-refractivity contribution in [3.8, 4) is 5.75 Å². The van der Waals surface area contributed by atoms with Gasteiger partial charge in [-0.1, -0.05) is 12.1 Å². The molecule has 4 heteroatoms. The first-order valence-electron chi connectivity index (χ1n) is 5.99. The lowest BCUT2D eigenvalue weighted by Gasteiger charge is -2.14. The van der Waals surface area contributed by atoms with Crippen molar-refractivity contribution in [3.05, 3.63) is 47.8 Å². The Morgan fingerprint density at radius 3 is 2.72 bits per heavy atom. The van der Waals surface area contributed by atoms with Crippen LogP contribution in [0.1, 0.15) is 31.4 Å². The van der Waals surface area contributed by atoms with Crippen LogP contribution in [0.4, 0.5) is 4.39 Å². The van der Waals surface area contributed by atoms with Gasteiger partial charge in [0.05, 0.1) is 0 Å². The second kappa shape index (κ2) is 5.21. The van der Waals surface area contributed by atoms with Gasteiger partial charge in [-0.3, -0.25) is 0 Å². The van der Waals surface area contributed by atoms with E-state index in [0.29, 0.717) is 6.04 Å². The Bertz CT molecular complexity index is 534. The van der Waals surface area contributed by atoms with Crippen LogP contribution in [0.3, 0.4) is 0 Å². The molecule has 0 N–H and O–H groups in total. The van der Waals surface area contributed by atoms with E-state index in [1.165, 1.54) is 6.07 Å². The van der Waals surface area contributed by atoms with Crippen molar-refractivity contribution < 1.29 is 9.13 Å². The highest BCUT2D eigenvalue weighted by Crippen LogP contribution is 2.18. The maximum atomic E-state index is 13.4. The van der Waals surface area contributed by atoms with Crippen molar-refractivity contribution in [1.29, 1.82) is 0 Å². The van der Waals surface area contributed by atoms with E-state index in [1.807, 2.05) is 6.92 Å². The van der Waals surface area contributed by atoms with Crippen LogP contribution in [0.5, 0.6) is 5.75 Å². The standard InChI is InChI=1S/C14H17FN2O/c1-10(2)17-11(3)8-16-14(17)9-18-13-7-5-4-6-12(13)15/h4-8,10H,9H2,1-3H3. The molecule has 0 amide bonds. The molecule has 0 fully saturated rings. The highest BCUT2D eigenvalue weighted by Gasteiger charge is 2.11. The summed E-state index contributed by atoms with van der Waals surface area (Å²) in [6, 6.07) is 6.70. The predicted molar refractivity (Wildman–Crippen MR) is 68.1 cm³/mol. The molecule has 0 aliphatic heterocycles. The highest BCUT2D eigenvalue weighted by atomic mass is 19.1. The fourth-order valence-electron chi connectivity index (χ4n) is 2.01. The molecule has 0 saturated heterocycles. The van der Waals surface area contributed by atoms with Crippen LogP contribution in [0.15, 0.2) is 30.5 Å². The van der Waals surface area contributed by atoms with Gasteiger partial charge in [-0.05, 0) is 32.9 Å². The molecule has 0 aliphatic rings. The summed E-state index contributed by atoms with van der Waals surface area (Å²) in [5.41, 5.74) is 1.08. The molecule has 2 aromatic rings. The molecular weight excluding hydrogens is 231 g/mol. The van der Waals surface area contributed by atoms with E-state index in [1.54, 1.807) is 24.4 Å². The van der Waals surface area contributed by atoms with Crippen LogP contribution < -0.4 is 4.74 Å². The lowest BCUT2D eigenvalue weighted by molar-refractivity contribution is 0.272. The third kappa shape index (κ3) is 2.53. The zero-order valence-corrected chi connectivity index (χ0v) is 10.9. The summed E-state index contributed by atoms with van der Waals surface area (Å²) in [6.45, 7) is 6.44. The number of rotatable bonds is 4. The molecule has 3 nitrogen and oxygen atoms in total. The van der Waals surface area contributed by atoms with Crippen molar-refractivity contribution in [3.63, 3.8) is 0 Å².